The summed E-state index contributed by atoms with van der Waals surface area (Å²) in [5.41, 5.74) is -7.50. The minimum absolute atomic E-state index is 0.362. The number of alkyl halides is 11. The smallest absolute Gasteiger partial charge is 0.438 e. The van der Waals surface area contributed by atoms with E-state index < -0.39 is 48.9 Å². The normalized spacial score (nSPS) is 14.6. The fraction of sp³-hybridized carbons (Fsp3) is 0.700. The molecule has 0 unspecified atom stereocenters. The molecule has 0 aliphatic heterocycles. The van der Waals surface area contributed by atoms with Gasteiger partial charge in [0.1, 0.15) is 0 Å². The summed E-state index contributed by atoms with van der Waals surface area (Å²) in [6.07, 6.45) is -16.9. The third kappa shape index (κ3) is 3.68. The molecule has 0 atom stereocenters. The molecule has 0 heterocycles. The monoisotopic (exact) mass is 368 g/mol. The third-order valence-corrected chi connectivity index (χ3v) is 2.50. The molecule has 0 N–H and O–H groups in total. The maximum atomic E-state index is 13.1. The maximum Gasteiger partial charge on any atom is 0.438 e. The van der Waals surface area contributed by atoms with Gasteiger partial charge in [0, 0.05) is 6.08 Å². The van der Waals surface area contributed by atoms with Crippen molar-refractivity contribution in [1.82, 2.24) is 0 Å². The Hall–Kier alpha value is -1.56. The molecule has 0 rings (SSSR count). The summed E-state index contributed by atoms with van der Waals surface area (Å²) in [4.78, 5) is 10.5. The molecule has 0 fully saturated rings. The average Bonchev–Trinajstić information content (AvgIpc) is 2.34. The van der Waals surface area contributed by atoms with E-state index in [1.807, 2.05) is 0 Å². The van der Waals surface area contributed by atoms with Crippen LogP contribution in [-0.4, -0.2) is 42.4 Å². The van der Waals surface area contributed by atoms with Crippen molar-refractivity contribution >= 4 is 5.97 Å². The number of carbonyl (C=O) groups excluding carboxylic acids is 1. The summed E-state index contributed by atoms with van der Waals surface area (Å²) >= 11 is 0. The minimum Gasteiger partial charge on any atom is -0.462 e. The number of carbonyl (C=O) groups is 1. The third-order valence-electron chi connectivity index (χ3n) is 2.50. The molecule has 0 saturated carbocycles. The van der Waals surface area contributed by atoms with Gasteiger partial charge in [0.05, 0.1) is 13.0 Å². The molecule has 0 aromatic carbocycles. The minimum atomic E-state index is -7.50. The first-order valence-electron chi connectivity index (χ1n) is 5.33. The number of hydrogen-bond acceptors (Lipinski definition) is 2. The molecule has 0 aromatic heterocycles. The molecule has 0 spiro atoms. The van der Waals surface area contributed by atoms with E-state index in [4.69, 9.17) is 0 Å². The molecule has 136 valence electrons. The molecule has 0 amide bonds. The number of rotatable bonds is 6. The fourth-order valence-electron chi connectivity index (χ4n) is 1.26. The van der Waals surface area contributed by atoms with Crippen LogP contribution in [0.15, 0.2) is 12.7 Å². The Morgan fingerprint density at radius 1 is 0.870 bits per heavy atom. The zero-order valence-electron chi connectivity index (χ0n) is 10.7. The van der Waals surface area contributed by atoms with E-state index >= 15 is 0 Å². The summed E-state index contributed by atoms with van der Waals surface area (Å²) in [6, 6.07) is 0. The molecule has 2 nitrogen and oxygen atoms in total. The van der Waals surface area contributed by atoms with Gasteiger partial charge in [-0.25, -0.2) is 9.18 Å². The summed E-state index contributed by atoms with van der Waals surface area (Å²) in [5, 5.41) is 0. The number of halogens is 11. The lowest BCUT2D eigenvalue weighted by Crippen LogP contribution is -2.70. The highest BCUT2D eigenvalue weighted by molar-refractivity contribution is 5.81. The van der Waals surface area contributed by atoms with Crippen molar-refractivity contribution in [3.63, 3.8) is 0 Å². The molecule has 0 aliphatic carbocycles. The fourth-order valence-corrected chi connectivity index (χ4v) is 1.26. The van der Waals surface area contributed by atoms with Crippen LogP contribution in [0.4, 0.5) is 48.3 Å². The van der Waals surface area contributed by atoms with Gasteiger partial charge in [-0.2, -0.15) is 43.9 Å². The van der Waals surface area contributed by atoms with E-state index in [1.54, 1.807) is 0 Å². The summed E-state index contributed by atoms with van der Waals surface area (Å²) in [5.74, 6) is -14.8. The molecule has 0 aliphatic rings. The lowest BCUT2D eigenvalue weighted by atomic mass is 9.89. The van der Waals surface area contributed by atoms with Crippen LogP contribution < -0.4 is 0 Å². The molecule has 0 bridgehead atoms. The lowest BCUT2D eigenvalue weighted by Gasteiger charge is -2.39. The van der Waals surface area contributed by atoms with E-state index in [9.17, 15) is 53.1 Å². The Bertz CT molecular complexity index is 435. The van der Waals surface area contributed by atoms with E-state index in [-0.39, 0.29) is 0 Å². The van der Waals surface area contributed by atoms with Crippen molar-refractivity contribution in [2.45, 2.75) is 36.3 Å². The van der Waals surface area contributed by atoms with Gasteiger partial charge in [-0.3, -0.25) is 0 Å². The van der Waals surface area contributed by atoms with E-state index in [0.717, 1.165) is 0 Å². The molecule has 0 saturated heterocycles. The SMILES string of the molecule is C=CC(=O)OCCC(F)(F)C(F)(F)C(F)(C(F)(F)F)C(F)(F)F. The Balaban J connectivity index is 5.70. The summed E-state index contributed by atoms with van der Waals surface area (Å²) in [6.45, 7) is 1.07. The van der Waals surface area contributed by atoms with Crippen LogP contribution >= 0.6 is 0 Å². The van der Waals surface area contributed by atoms with Crippen LogP contribution in [0, 0.1) is 0 Å². The number of esters is 1. The van der Waals surface area contributed by atoms with Gasteiger partial charge >= 0.3 is 35.8 Å². The van der Waals surface area contributed by atoms with Crippen molar-refractivity contribution in [3.8, 4) is 0 Å². The highest BCUT2D eigenvalue weighted by Crippen LogP contribution is 2.59. The maximum absolute atomic E-state index is 13.1. The van der Waals surface area contributed by atoms with Gasteiger partial charge in [-0.05, 0) is 0 Å². The van der Waals surface area contributed by atoms with Gasteiger partial charge < -0.3 is 4.74 Å². The highest BCUT2D eigenvalue weighted by Gasteiger charge is 2.89. The second kappa shape index (κ2) is 6.15. The van der Waals surface area contributed by atoms with Crippen LogP contribution in [0.25, 0.3) is 0 Å². The first-order valence-corrected chi connectivity index (χ1v) is 5.33. The second-order valence-corrected chi connectivity index (χ2v) is 4.05. The molecule has 23 heavy (non-hydrogen) atoms. The topological polar surface area (TPSA) is 26.3 Å². The number of ether oxygens (including phenoxy) is 1. The van der Waals surface area contributed by atoms with Gasteiger partial charge in [-0.1, -0.05) is 6.58 Å². The van der Waals surface area contributed by atoms with Crippen LogP contribution in [-0.2, 0) is 9.53 Å². The predicted molar refractivity (Wildman–Crippen MR) is 51.6 cm³/mol. The zero-order valence-corrected chi connectivity index (χ0v) is 10.7. The summed E-state index contributed by atoms with van der Waals surface area (Å²) in [7, 11) is 0. The predicted octanol–water partition coefficient (Wildman–Crippen LogP) is 4.21. The van der Waals surface area contributed by atoms with E-state index in [1.165, 1.54) is 0 Å². The average molecular weight is 368 g/mol. The zero-order chi connectivity index (χ0) is 18.9. The Kier molecular flexibility index (Phi) is 5.73. The van der Waals surface area contributed by atoms with Gasteiger partial charge in [0.2, 0.25) is 0 Å². The Morgan fingerprint density at radius 2 is 1.26 bits per heavy atom. The quantitative estimate of drug-likeness (QED) is 0.399. The van der Waals surface area contributed by atoms with E-state index in [2.05, 4.69) is 11.3 Å². The van der Waals surface area contributed by atoms with Crippen molar-refractivity contribution in [1.29, 1.82) is 0 Å². The van der Waals surface area contributed by atoms with Crippen LogP contribution in [0.1, 0.15) is 6.42 Å². The van der Waals surface area contributed by atoms with Gasteiger partial charge in [0.25, 0.3) is 0 Å². The van der Waals surface area contributed by atoms with Gasteiger partial charge in [0.15, 0.2) is 0 Å². The standard InChI is InChI=1S/C10H7F11O2/c1-2-5(22)23-4-3-6(11,12)8(14,15)7(13,9(16,17)18)10(19,20)21/h2H,1,3-4H2. The van der Waals surface area contributed by atoms with Crippen molar-refractivity contribution in [3.05, 3.63) is 12.7 Å². The van der Waals surface area contributed by atoms with Crippen molar-refractivity contribution in [2.24, 2.45) is 0 Å². The molecule has 0 radical (unpaired) electrons. The van der Waals surface area contributed by atoms with Crippen LogP contribution in [0.3, 0.4) is 0 Å². The van der Waals surface area contributed by atoms with Gasteiger partial charge in [-0.15, -0.1) is 0 Å². The Morgan fingerprint density at radius 3 is 1.57 bits per heavy atom. The highest BCUT2D eigenvalue weighted by atomic mass is 19.4. The summed E-state index contributed by atoms with van der Waals surface area (Å²) < 4.78 is 142. The van der Waals surface area contributed by atoms with Crippen molar-refractivity contribution < 1.29 is 57.8 Å². The van der Waals surface area contributed by atoms with Crippen LogP contribution in [0.5, 0.6) is 0 Å². The molecular weight excluding hydrogens is 361 g/mol. The first kappa shape index (κ1) is 21.4. The largest absolute Gasteiger partial charge is 0.462 e. The number of hydrogen-bond donors (Lipinski definition) is 0. The molecule has 13 heteroatoms. The van der Waals surface area contributed by atoms with Crippen molar-refractivity contribution in [2.75, 3.05) is 6.61 Å². The molecular formula is C10H7F11O2. The van der Waals surface area contributed by atoms with Crippen LogP contribution in [0.2, 0.25) is 0 Å². The Labute approximate surface area is 120 Å². The lowest BCUT2D eigenvalue weighted by molar-refractivity contribution is -0.427. The second-order valence-electron chi connectivity index (χ2n) is 4.05. The van der Waals surface area contributed by atoms with E-state index in [0.29, 0.717) is 6.08 Å². The molecule has 0 aromatic rings. The first-order chi connectivity index (χ1) is 9.95.